The number of aromatic nitrogens is 2. The fourth-order valence-electron chi connectivity index (χ4n) is 1.88. The first-order valence-corrected chi connectivity index (χ1v) is 7.82. The van der Waals surface area contributed by atoms with Gasteiger partial charge in [-0.3, -0.25) is 4.99 Å². The number of rotatable bonds is 7. The number of benzene rings is 1. The van der Waals surface area contributed by atoms with Gasteiger partial charge < -0.3 is 15.2 Å². The van der Waals surface area contributed by atoms with E-state index in [2.05, 4.69) is 32.3 Å². The van der Waals surface area contributed by atoms with Gasteiger partial charge in [-0.25, -0.2) is 0 Å². The van der Waals surface area contributed by atoms with E-state index in [1.54, 1.807) is 18.2 Å². The van der Waals surface area contributed by atoms with E-state index in [1.807, 2.05) is 19.1 Å². The Bertz CT molecular complexity index is 668. The molecule has 0 bridgehead atoms. The maximum absolute atomic E-state index is 5.97. The minimum absolute atomic E-state index is 0.531. The zero-order chi connectivity index (χ0) is 16.5. The van der Waals surface area contributed by atoms with Crippen LogP contribution in [0.25, 0.3) is 11.4 Å². The van der Waals surface area contributed by atoms with Crippen molar-refractivity contribution in [3.05, 3.63) is 47.8 Å². The van der Waals surface area contributed by atoms with Crippen LogP contribution in [-0.2, 0) is 6.42 Å². The third kappa shape index (κ3) is 5.41. The molecule has 0 saturated carbocycles. The number of hydrogen-bond acceptors (Lipinski definition) is 4. The van der Waals surface area contributed by atoms with Gasteiger partial charge in [0.05, 0.1) is 6.54 Å². The predicted octanol–water partition coefficient (Wildman–Crippen LogP) is 2.67. The molecule has 2 rings (SSSR count). The van der Waals surface area contributed by atoms with Crippen molar-refractivity contribution >= 4 is 17.6 Å². The normalized spacial score (nSPS) is 11.3. The van der Waals surface area contributed by atoms with E-state index < -0.39 is 0 Å². The molecule has 2 N–H and O–H groups in total. The zero-order valence-corrected chi connectivity index (χ0v) is 13.8. The zero-order valence-electron chi connectivity index (χ0n) is 13.1. The Morgan fingerprint density at radius 2 is 2.30 bits per heavy atom. The average molecular weight is 334 g/mol. The summed E-state index contributed by atoms with van der Waals surface area (Å²) >= 11 is 5.97. The van der Waals surface area contributed by atoms with Crippen LogP contribution < -0.4 is 10.6 Å². The Kier molecular flexibility index (Phi) is 6.62. The second kappa shape index (κ2) is 8.95. The third-order valence-corrected chi connectivity index (χ3v) is 3.14. The van der Waals surface area contributed by atoms with Gasteiger partial charge in [0.1, 0.15) is 0 Å². The SMILES string of the molecule is C=CCNC(=NCCc1nc(-c2cccc(Cl)c2)no1)NCC. The van der Waals surface area contributed by atoms with Crippen molar-refractivity contribution < 1.29 is 4.52 Å². The van der Waals surface area contributed by atoms with E-state index in [0.29, 0.717) is 36.2 Å². The third-order valence-electron chi connectivity index (χ3n) is 2.90. The molecule has 7 heteroatoms. The number of nitrogens with zero attached hydrogens (tertiary/aromatic N) is 3. The number of aliphatic imine (C=N–C) groups is 1. The Hall–Kier alpha value is -2.34. The van der Waals surface area contributed by atoms with Gasteiger partial charge >= 0.3 is 0 Å². The molecule has 0 unspecified atom stereocenters. The van der Waals surface area contributed by atoms with Gasteiger partial charge in [-0.1, -0.05) is 35.0 Å². The molecule has 0 radical (unpaired) electrons. The highest BCUT2D eigenvalue weighted by atomic mass is 35.5. The molecule has 0 aliphatic rings. The van der Waals surface area contributed by atoms with Crippen molar-refractivity contribution in [2.24, 2.45) is 4.99 Å². The number of hydrogen-bond donors (Lipinski definition) is 2. The molecule has 1 aromatic heterocycles. The minimum atomic E-state index is 0.531. The summed E-state index contributed by atoms with van der Waals surface area (Å²) in [6.07, 6.45) is 2.35. The molecule has 0 aliphatic heterocycles. The molecule has 0 fully saturated rings. The highest BCUT2D eigenvalue weighted by molar-refractivity contribution is 6.30. The molecule has 6 nitrogen and oxygen atoms in total. The summed E-state index contributed by atoms with van der Waals surface area (Å²) in [6, 6.07) is 7.35. The summed E-state index contributed by atoms with van der Waals surface area (Å²) in [5.41, 5.74) is 0.831. The van der Waals surface area contributed by atoms with E-state index in [0.717, 1.165) is 18.1 Å². The highest BCUT2D eigenvalue weighted by Crippen LogP contribution is 2.19. The highest BCUT2D eigenvalue weighted by Gasteiger charge is 2.08. The van der Waals surface area contributed by atoms with E-state index in [4.69, 9.17) is 16.1 Å². The fourth-order valence-corrected chi connectivity index (χ4v) is 2.07. The second-order valence-electron chi connectivity index (χ2n) is 4.70. The Labute approximate surface area is 140 Å². The maximum atomic E-state index is 5.97. The molecule has 1 heterocycles. The molecule has 1 aromatic carbocycles. The molecule has 0 spiro atoms. The number of nitrogens with one attached hydrogen (secondary N) is 2. The molecule has 0 saturated heterocycles. The van der Waals surface area contributed by atoms with Gasteiger partial charge in [0, 0.05) is 30.1 Å². The van der Waals surface area contributed by atoms with Gasteiger partial charge in [0.25, 0.3) is 0 Å². The van der Waals surface area contributed by atoms with Crippen LogP contribution in [0, 0.1) is 0 Å². The summed E-state index contributed by atoms with van der Waals surface area (Å²) in [5, 5.41) is 10.9. The second-order valence-corrected chi connectivity index (χ2v) is 5.14. The minimum Gasteiger partial charge on any atom is -0.357 e. The number of halogens is 1. The van der Waals surface area contributed by atoms with E-state index in [1.165, 1.54) is 0 Å². The first-order valence-electron chi connectivity index (χ1n) is 7.44. The molecule has 122 valence electrons. The van der Waals surface area contributed by atoms with Gasteiger partial charge in [0.2, 0.25) is 11.7 Å². The topological polar surface area (TPSA) is 75.3 Å². The van der Waals surface area contributed by atoms with Gasteiger partial charge in [0.15, 0.2) is 5.96 Å². The first-order chi connectivity index (χ1) is 11.2. The summed E-state index contributed by atoms with van der Waals surface area (Å²) in [4.78, 5) is 8.80. The molecule has 0 aliphatic carbocycles. The van der Waals surface area contributed by atoms with Crippen molar-refractivity contribution in [2.75, 3.05) is 19.6 Å². The summed E-state index contributed by atoms with van der Waals surface area (Å²) in [7, 11) is 0. The van der Waals surface area contributed by atoms with Gasteiger partial charge in [-0.2, -0.15) is 4.98 Å². The van der Waals surface area contributed by atoms with E-state index in [9.17, 15) is 0 Å². The van der Waals surface area contributed by atoms with Crippen LogP contribution in [-0.4, -0.2) is 35.7 Å². The van der Waals surface area contributed by atoms with Crippen molar-refractivity contribution in [3.63, 3.8) is 0 Å². The number of guanidine groups is 1. The molecule has 0 atom stereocenters. The standard InChI is InChI=1S/C16H20ClN5O/c1-3-9-19-16(18-4-2)20-10-8-14-21-15(22-23-14)12-6-5-7-13(17)11-12/h3,5-7,11H,1,4,8-10H2,2H3,(H2,18,19,20). The summed E-state index contributed by atoms with van der Waals surface area (Å²) in [6.45, 7) is 7.68. The van der Waals surface area contributed by atoms with E-state index in [-0.39, 0.29) is 0 Å². The van der Waals surface area contributed by atoms with Crippen LogP contribution in [0.4, 0.5) is 0 Å². The van der Waals surface area contributed by atoms with Crippen LogP contribution in [0.3, 0.4) is 0 Å². The predicted molar refractivity (Wildman–Crippen MR) is 92.6 cm³/mol. The van der Waals surface area contributed by atoms with Crippen LogP contribution in [0.15, 0.2) is 46.4 Å². The van der Waals surface area contributed by atoms with E-state index >= 15 is 0 Å². The molecular weight excluding hydrogens is 314 g/mol. The Balaban J connectivity index is 1.95. The average Bonchev–Trinajstić information content (AvgIpc) is 3.01. The van der Waals surface area contributed by atoms with Crippen LogP contribution in [0.2, 0.25) is 5.02 Å². The molecule has 23 heavy (non-hydrogen) atoms. The van der Waals surface area contributed by atoms with Crippen LogP contribution in [0.1, 0.15) is 12.8 Å². The van der Waals surface area contributed by atoms with Gasteiger partial charge in [-0.15, -0.1) is 6.58 Å². The van der Waals surface area contributed by atoms with Crippen molar-refractivity contribution in [3.8, 4) is 11.4 Å². The Morgan fingerprint density at radius 1 is 1.43 bits per heavy atom. The van der Waals surface area contributed by atoms with Crippen LogP contribution in [0.5, 0.6) is 0 Å². The summed E-state index contributed by atoms with van der Waals surface area (Å²) in [5.74, 6) is 1.81. The van der Waals surface area contributed by atoms with Crippen molar-refractivity contribution in [1.29, 1.82) is 0 Å². The monoisotopic (exact) mass is 333 g/mol. The first kappa shape index (κ1) is 17.0. The largest absolute Gasteiger partial charge is 0.357 e. The lowest BCUT2D eigenvalue weighted by Gasteiger charge is -2.08. The smallest absolute Gasteiger partial charge is 0.228 e. The van der Waals surface area contributed by atoms with Crippen molar-refractivity contribution in [2.45, 2.75) is 13.3 Å². The molecule has 2 aromatic rings. The summed E-state index contributed by atoms with van der Waals surface area (Å²) < 4.78 is 5.25. The Morgan fingerprint density at radius 3 is 3.04 bits per heavy atom. The van der Waals surface area contributed by atoms with Gasteiger partial charge in [-0.05, 0) is 19.1 Å². The lowest BCUT2D eigenvalue weighted by Crippen LogP contribution is -2.37. The lowest BCUT2D eigenvalue weighted by atomic mass is 10.2. The molecule has 0 amide bonds. The quantitative estimate of drug-likeness (QED) is 0.463. The lowest BCUT2D eigenvalue weighted by molar-refractivity contribution is 0.380. The fraction of sp³-hybridized carbons (Fsp3) is 0.312. The molecular formula is C16H20ClN5O. The maximum Gasteiger partial charge on any atom is 0.228 e. The van der Waals surface area contributed by atoms with Crippen molar-refractivity contribution in [1.82, 2.24) is 20.8 Å². The van der Waals surface area contributed by atoms with Crippen LogP contribution >= 0.6 is 11.6 Å².